The largest absolute Gasteiger partial charge is 0.303 e. The number of rotatable bonds is 7. The van der Waals surface area contributed by atoms with Crippen molar-refractivity contribution < 1.29 is 0 Å². The van der Waals surface area contributed by atoms with Crippen molar-refractivity contribution in [1.29, 1.82) is 5.26 Å². The minimum Gasteiger partial charge on any atom is -0.303 e. The molecular weight excluding hydrogens is 240 g/mol. The molecular formula is C13H24N6. The molecule has 1 heterocycles. The molecule has 0 unspecified atom stereocenters. The lowest BCUT2D eigenvalue weighted by molar-refractivity contribution is 0.153. The van der Waals surface area contributed by atoms with Crippen LogP contribution < -0.4 is 5.32 Å². The Labute approximate surface area is 115 Å². The lowest BCUT2D eigenvalue weighted by Gasteiger charge is -2.38. The maximum absolute atomic E-state index is 9.40. The molecule has 0 bridgehead atoms. The Hall–Kier alpha value is -1.28. The van der Waals surface area contributed by atoms with Crippen molar-refractivity contribution >= 4 is 0 Å². The number of hydrogen-bond acceptors (Lipinski definition) is 4. The average molecular weight is 264 g/mol. The van der Waals surface area contributed by atoms with Gasteiger partial charge < -0.3 is 4.90 Å². The van der Waals surface area contributed by atoms with E-state index in [4.69, 9.17) is 5.53 Å². The molecule has 0 aromatic rings. The van der Waals surface area contributed by atoms with E-state index in [2.05, 4.69) is 40.2 Å². The molecule has 0 aromatic heterocycles. The van der Waals surface area contributed by atoms with Crippen LogP contribution in [0.4, 0.5) is 0 Å². The van der Waals surface area contributed by atoms with Gasteiger partial charge >= 0.3 is 0 Å². The smallest absolute Gasteiger partial charge is 0.109 e. The zero-order valence-corrected chi connectivity index (χ0v) is 12.0. The molecule has 0 amide bonds. The molecule has 0 aromatic carbocycles. The van der Waals surface area contributed by atoms with E-state index in [1.807, 2.05) is 0 Å². The second-order valence-corrected chi connectivity index (χ2v) is 5.62. The third kappa shape index (κ3) is 5.48. The fourth-order valence-electron chi connectivity index (χ4n) is 2.48. The standard InChI is InChI=1S/C13H24N6/c1-12(2)10-19-8-4-13(11-14,5-9-19)16-6-3-7-17-18-15/h12,16H,3-10H2,1-2H3. The third-order valence-corrected chi connectivity index (χ3v) is 3.51. The summed E-state index contributed by atoms with van der Waals surface area (Å²) in [6.07, 6.45) is 2.53. The Morgan fingerprint density at radius 1 is 1.47 bits per heavy atom. The predicted molar refractivity (Wildman–Crippen MR) is 75.5 cm³/mol. The number of piperidine rings is 1. The number of azide groups is 1. The molecule has 0 aliphatic carbocycles. The van der Waals surface area contributed by atoms with Crippen LogP contribution in [0.2, 0.25) is 0 Å². The van der Waals surface area contributed by atoms with Crippen LogP contribution in [0.3, 0.4) is 0 Å². The average Bonchev–Trinajstić information content (AvgIpc) is 2.40. The van der Waals surface area contributed by atoms with Crippen LogP contribution in [0.5, 0.6) is 0 Å². The molecule has 1 aliphatic rings. The van der Waals surface area contributed by atoms with Gasteiger partial charge in [-0.05, 0) is 37.3 Å². The first-order chi connectivity index (χ1) is 9.12. The Bertz CT molecular complexity index is 345. The second kappa shape index (κ2) is 8.00. The first kappa shape index (κ1) is 15.8. The van der Waals surface area contributed by atoms with Crippen molar-refractivity contribution in [1.82, 2.24) is 10.2 Å². The highest BCUT2D eigenvalue weighted by atomic mass is 15.2. The van der Waals surface area contributed by atoms with Crippen molar-refractivity contribution in [2.45, 2.75) is 38.6 Å². The van der Waals surface area contributed by atoms with E-state index in [9.17, 15) is 5.26 Å². The minimum absolute atomic E-state index is 0.385. The van der Waals surface area contributed by atoms with Crippen molar-refractivity contribution in [3.05, 3.63) is 10.4 Å². The molecule has 106 valence electrons. The fourth-order valence-corrected chi connectivity index (χ4v) is 2.48. The zero-order valence-electron chi connectivity index (χ0n) is 12.0. The maximum atomic E-state index is 9.40. The van der Waals surface area contributed by atoms with Gasteiger partial charge in [-0.1, -0.05) is 19.0 Å². The Morgan fingerprint density at radius 2 is 2.16 bits per heavy atom. The normalized spacial score (nSPS) is 18.8. The highest BCUT2D eigenvalue weighted by Gasteiger charge is 2.33. The van der Waals surface area contributed by atoms with Crippen molar-refractivity contribution in [3.63, 3.8) is 0 Å². The fraction of sp³-hybridized carbons (Fsp3) is 0.923. The van der Waals surface area contributed by atoms with Gasteiger partial charge in [-0.15, -0.1) is 0 Å². The molecule has 1 saturated heterocycles. The number of likely N-dealkylation sites (tertiary alicyclic amines) is 1. The van der Waals surface area contributed by atoms with Crippen LogP contribution in [-0.4, -0.2) is 43.2 Å². The van der Waals surface area contributed by atoms with Gasteiger partial charge in [0.05, 0.1) is 6.07 Å². The van der Waals surface area contributed by atoms with Crippen LogP contribution in [-0.2, 0) is 0 Å². The molecule has 0 radical (unpaired) electrons. The van der Waals surface area contributed by atoms with Gasteiger partial charge in [-0.3, -0.25) is 5.32 Å². The Morgan fingerprint density at radius 3 is 2.68 bits per heavy atom. The SMILES string of the molecule is CC(C)CN1CCC(C#N)(NCCCN=[N+]=[N-])CC1. The monoisotopic (exact) mass is 264 g/mol. The summed E-state index contributed by atoms with van der Waals surface area (Å²) >= 11 is 0. The molecule has 6 nitrogen and oxygen atoms in total. The second-order valence-electron chi connectivity index (χ2n) is 5.62. The molecule has 1 fully saturated rings. The van der Waals surface area contributed by atoms with E-state index in [-0.39, 0.29) is 5.54 Å². The van der Waals surface area contributed by atoms with Gasteiger partial charge in [0.2, 0.25) is 0 Å². The van der Waals surface area contributed by atoms with E-state index < -0.39 is 0 Å². The van der Waals surface area contributed by atoms with Gasteiger partial charge in [-0.2, -0.15) is 5.26 Å². The van der Waals surface area contributed by atoms with Crippen LogP contribution in [0.25, 0.3) is 10.4 Å². The van der Waals surface area contributed by atoms with Crippen molar-refractivity contribution in [2.75, 3.05) is 32.7 Å². The highest BCUT2D eigenvalue weighted by molar-refractivity contribution is 5.09. The number of hydrogen-bond donors (Lipinski definition) is 1. The summed E-state index contributed by atoms with van der Waals surface area (Å²) in [6.45, 7) is 8.74. The van der Waals surface area contributed by atoms with Crippen molar-refractivity contribution in [3.8, 4) is 6.07 Å². The molecule has 0 atom stereocenters. The van der Waals surface area contributed by atoms with E-state index >= 15 is 0 Å². The molecule has 1 aliphatic heterocycles. The summed E-state index contributed by atoms with van der Waals surface area (Å²) < 4.78 is 0. The van der Waals surface area contributed by atoms with Crippen LogP contribution in [0.15, 0.2) is 5.11 Å². The van der Waals surface area contributed by atoms with Gasteiger partial charge in [-0.25, -0.2) is 0 Å². The molecule has 19 heavy (non-hydrogen) atoms. The summed E-state index contributed by atoms with van der Waals surface area (Å²) in [6, 6.07) is 2.44. The van der Waals surface area contributed by atoms with E-state index in [1.54, 1.807) is 0 Å². The minimum atomic E-state index is -0.385. The molecule has 6 heteroatoms. The van der Waals surface area contributed by atoms with Crippen LogP contribution >= 0.6 is 0 Å². The Balaban J connectivity index is 2.34. The summed E-state index contributed by atoms with van der Waals surface area (Å²) in [7, 11) is 0. The maximum Gasteiger partial charge on any atom is 0.109 e. The molecule has 0 saturated carbocycles. The highest BCUT2D eigenvalue weighted by Crippen LogP contribution is 2.22. The number of nitriles is 1. The lowest BCUT2D eigenvalue weighted by Crippen LogP contribution is -2.53. The first-order valence-corrected chi connectivity index (χ1v) is 7.01. The zero-order chi connectivity index (χ0) is 14.1. The van der Waals surface area contributed by atoms with Gasteiger partial charge in [0.15, 0.2) is 0 Å². The first-order valence-electron chi connectivity index (χ1n) is 7.01. The Kier molecular flexibility index (Phi) is 6.65. The summed E-state index contributed by atoms with van der Waals surface area (Å²) in [4.78, 5) is 5.15. The van der Waals surface area contributed by atoms with Gasteiger partial charge in [0.25, 0.3) is 0 Å². The van der Waals surface area contributed by atoms with E-state index in [0.29, 0.717) is 12.5 Å². The van der Waals surface area contributed by atoms with Crippen LogP contribution in [0.1, 0.15) is 33.1 Å². The van der Waals surface area contributed by atoms with Crippen LogP contribution in [0, 0.1) is 17.2 Å². The summed E-state index contributed by atoms with van der Waals surface area (Å²) in [5, 5.41) is 16.2. The van der Waals surface area contributed by atoms with Crippen molar-refractivity contribution in [2.24, 2.45) is 11.0 Å². The number of nitrogens with one attached hydrogen (secondary N) is 1. The predicted octanol–water partition coefficient (Wildman–Crippen LogP) is 2.29. The number of nitrogens with zero attached hydrogens (tertiary/aromatic N) is 5. The summed E-state index contributed by atoms with van der Waals surface area (Å²) in [5.74, 6) is 0.673. The van der Waals surface area contributed by atoms with E-state index in [1.165, 1.54) is 0 Å². The summed E-state index contributed by atoms with van der Waals surface area (Å²) in [5.41, 5.74) is 7.81. The quantitative estimate of drug-likeness (QED) is 0.331. The molecule has 0 spiro atoms. The van der Waals surface area contributed by atoms with Gasteiger partial charge in [0.1, 0.15) is 5.54 Å². The third-order valence-electron chi connectivity index (χ3n) is 3.51. The topological polar surface area (TPSA) is 87.8 Å². The van der Waals surface area contributed by atoms with E-state index in [0.717, 1.165) is 45.4 Å². The van der Waals surface area contributed by atoms with Gasteiger partial charge in [0, 0.05) is 31.1 Å². The molecule has 1 N–H and O–H groups in total. The lowest BCUT2D eigenvalue weighted by atomic mass is 9.88. The molecule has 1 rings (SSSR count).